The Bertz CT molecular complexity index is 535. The average molecular weight is 257 g/mol. The Hall–Kier alpha value is -2.00. The number of aryl methyl sites for hydroxylation is 1. The lowest BCUT2D eigenvalue weighted by molar-refractivity contribution is 0.282. The summed E-state index contributed by atoms with van der Waals surface area (Å²) in [4.78, 5) is 0. The molecule has 0 aliphatic carbocycles. The smallest absolute Gasteiger partial charge is 0.141 e. The minimum absolute atomic E-state index is 0.0827. The first-order valence-corrected chi connectivity index (χ1v) is 6.30. The Kier molecular flexibility index (Phi) is 4.42. The first-order chi connectivity index (χ1) is 9.22. The standard InChI is InChI=1S/C16H19NO2/c1-12-3-8-16(19-2)15(9-12)17-10-13-4-6-14(11-18)7-5-13/h3-9,17-18H,10-11H2,1-2H3. The van der Waals surface area contributed by atoms with Gasteiger partial charge in [-0.25, -0.2) is 0 Å². The van der Waals surface area contributed by atoms with E-state index in [1.54, 1.807) is 7.11 Å². The van der Waals surface area contributed by atoms with E-state index in [1.807, 2.05) is 36.4 Å². The molecule has 0 aromatic heterocycles. The summed E-state index contributed by atoms with van der Waals surface area (Å²) in [5, 5.41) is 12.4. The van der Waals surface area contributed by atoms with Gasteiger partial charge in [0.25, 0.3) is 0 Å². The number of benzene rings is 2. The fourth-order valence-corrected chi connectivity index (χ4v) is 1.92. The molecule has 0 saturated heterocycles. The van der Waals surface area contributed by atoms with Gasteiger partial charge in [-0.05, 0) is 35.7 Å². The molecule has 0 radical (unpaired) electrons. The third-order valence-corrected chi connectivity index (χ3v) is 3.04. The SMILES string of the molecule is COc1ccc(C)cc1NCc1ccc(CO)cc1. The van der Waals surface area contributed by atoms with Gasteiger partial charge < -0.3 is 15.2 Å². The second kappa shape index (κ2) is 6.25. The van der Waals surface area contributed by atoms with Gasteiger partial charge in [0.2, 0.25) is 0 Å². The van der Waals surface area contributed by atoms with E-state index in [0.29, 0.717) is 0 Å². The molecule has 0 aliphatic heterocycles. The van der Waals surface area contributed by atoms with Crippen LogP contribution in [0.1, 0.15) is 16.7 Å². The van der Waals surface area contributed by atoms with Crippen LogP contribution < -0.4 is 10.1 Å². The Morgan fingerprint density at radius 3 is 2.37 bits per heavy atom. The van der Waals surface area contributed by atoms with E-state index >= 15 is 0 Å². The first kappa shape index (κ1) is 13.4. The molecule has 0 saturated carbocycles. The molecule has 0 amide bonds. The molecule has 2 aromatic rings. The van der Waals surface area contributed by atoms with E-state index in [4.69, 9.17) is 9.84 Å². The van der Waals surface area contributed by atoms with Crippen LogP contribution >= 0.6 is 0 Å². The summed E-state index contributed by atoms with van der Waals surface area (Å²) in [6.07, 6.45) is 0. The predicted molar refractivity (Wildman–Crippen MR) is 77.4 cm³/mol. The van der Waals surface area contributed by atoms with E-state index in [-0.39, 0.29) is 6.61 Å². The molecule has 0 aliphatic rings. The van der Waals surface area contributed by atoms with Crippen LogP contribution in [0.15, 0.2) is 42.5 Å². The summed E-state index contributed by atoms with van der Waals surface area (Å²) >= 11 is 0. The molecule has 0 heterocycles. The van der Waals surface area contributed by atoms with Crippen LogP contribution in [0.2, 0.25) is 0 Å². The quantitative estimate of drug-likeness (QED) is 0.864. The van der Waals surface area contributed by atoms with Crippen LogP contribution in [-0.4, -0.2) is 12.2 Å². The summed E-state index contributed by atoms with van der Waals surface area (Å²) < 4.78 is 5.33. The van der Waals surface area contributed by atoms with Crippen molar-refractivity contribution in [2.24, 2.45) is 0 Å². The highest BCUT2D eigenvalue weighted by atomic mass is 16.5. The molecule has 3 nitrogen and oxygen atoms in total. The lowest BCUT2D eigenvalue weighted by Gasteiger charge is -2.12. The molecule has 0 bridgehead atoms. The Balaban J connectivity index is 2.07. The number of anilines is 1. The number of ether oxygens (including phenoxy) is 1. The summed E-state index contributed by atoms with van der Waals surface area (Å²) in [5.41, 5.74) is 4.28. The summed E-state index contributed by atoms with van der Waals surface area (Å²) in [7, 11) is 1.67. The fourth-order valence-electron chi connectivity index (χ4n) is 1.92. The third-order valence-electron chi connectivity index (χ3n) is 3.04. The van der Waals surface area contributed by atoms with Crippen molar-refractivity contribution >= 4 is 5.69 Å². The Morgan fingerprint density at radius 1 is 1.05 bits per heavy atom. The number of nitrogens with one attached hydrogen (secondary N) is 1. The topological polar surface area (TPSA) is 41.5 Å². The molecule has 2 aromatic carbocycles. The number of hydrogen-bond acceptors (Lipinski definition) is 3. The van der Waals surface area contributed by atoms with Crippen molar-refractivity contribution in [1.82, 2.24) is 0 Å². The van der Waals surface area contributed by atoms with Gasteiger partial charge in [0.05, 0.1) is 19.4 Å². The lowest BCUT2D eigenvalue weighted by Crippen LogP contribution is -2.01. The van der Waals surface area contributed by atoms with Crippen molar-refractivity contribution in [2.45, 2.75) is 20.1 Å². The van der Waals surface area contributed by atoms with Gasteiger partial charge in [-0.3, -0.25) is 0 Å². The lowest BCUT2D eigenvalue weighted by atomic mass is 10.1. The van der Waals surface area contributed by atoms with E-state index in [1.165, 1.54) is 11.1 Å². The summed E-state index contributed by atoms with van der Waals surface area (Å²) in [6.45, 7) is 2.87. The van der Waals surface area contributed by atoms with Crippen molar-refractivity contribution in [1.29, 1.82) is 0 Å². The molecule has 2 N–H and O–H groups in total. The number of aliphatic hydroxyl groups excluding tert-OH is 1. The van der Waals surface area contributed by atoms with E-state index in [0.717, 1.165) is 23.5 Å². The van der Waals surface area contributed by atoms with Crippen LogP contribution in [0.3, 0.4) is 0 Å². The maximum absolute atomic E-state index is 9.00. The zero-order valence-corrected chi connectivity index (χ0v) is 11.3. The minimum atomic E-state index is 0.0827. The molecule has 3 heteroatoms. The van der Waals surface area contributed by atoms with Crippen LogP contribution in [0.5, 0.6) is 5.75 Å². The van der Waals surface area contributed by atoms with Gasteiger partial charge in [-0.1, -0.05) is 30.3 Å². The molecule has 0 spiro atoms. The zero-order valence-electron chi connectivity index (χ0n) is 11.3. The van der Waals surface area contributed by atoms with Gasteiger partial charge in [-0.15, -0.1) is 0 Å². The molecule has 0 fully saturated rings. The van der Waals surface area contributed by atoms with Gasteiger partial charge >= 0.3 is 0 Å². The largest absolute Gasteiger partial charge is 0.495 e. The highest BCUT2D eigenvalue weighted by molar-refractivity contribution is 5.58. The fraction of sp³-hybridized carbons (Fsp3) is 0.250. The molecule has 19 heavy (non-hydrogen) atoms. The van der Waals surface area contributed by atoms with Crippen LogP contribution in [0, 0.1) is 6.92 Å². The second-order valence-corrected chi connectivity index (χ2v) is 4.53. The molecule has 0 unspecified atom stereocenters. The molecule has 100 valence electrons. The number of hydrogen-bond donors (Lipinski definition) is 2. The van der Waals surface area contributed by atoms with Crippen molar-refractivity contribution in [2.75, 3.05) is 12.4 Å². The Labute approximate surface area is 113 Å². The van der Waals surface area contributed by atoms with Crippen molar-refractivity contribution in [3.63, 3.8) is 0 Å². The maximum atomic E-state index is 9.00. The zero-order chi connectivity index (χ0) is 13.7. The summed E-state index contributed by atoms with van der Waals surface area (Å²) in [5.74, 6) is 0.845. The average Bonchev–Trinajstić information content (AvgIpc) is 2.46. The van der Waals surface area contributed by atoms with Gasteiger partial charge in [0.1, 0.15) is 5.75 Å². The predicted octanol–water partition coefficient (Wildman–Crippen LogP) is 3.11. The number of methoxy groups -OCH3 is 1. The second-order valence-electron chi connectivity index (χ2n) is 4.53. The normalized spacial score (nSPS) is 10.3. The van der Waals surface area contributed by atoms with E-state index in [9.17, 15) is 0 Å². The number of aliphatic hydroxyl groups is 1. The van der Waals surface area contributed by atoms with E-state index in [2.05, 4.69) is 18.3 Å². The van der Waals surface area contributed by atoms with Crippen molar-refractivity contribution < 1.29 is 9.84 Å². The number of rotatable bonds is 5. The highest BCUT2D eigenvalue weighted by Gasteiger charge is 2.02. The van der Waals surface area contributed by atoms with Gasteiger partial charge in [0.15, 0.2) is 0 Å². The maximum Gasteiger partial charge on any atom is 0.141 e. The van der Waals surface area contributed by atoms with Gasteiger partial charge in [0, 0.05) is 6.54 Å². The first-order valence-electron chi connectivity index (χ1n) is 6.30. The van der Waals surface area contributed by atoms with Crippen molar-refractivity contribution in [3.8, 4) is 5.75 Å². The molecule has 0 atom stereocenters. The van der Waals surface area contributed by atoms with Gasteiger partial charge in [-0.2, -0.15) is 0 Å². The Morgan fingerprint density at radius 2 is 1.74 bits per heavy atom. The van der Waals surface area contributed by atoms with Crippen LogP contribution in [0.25, 0.3) is 0 Å². The third kappa shape index (κ3) is 3.48. The molecular weight excluding hydrogens is 238 g/mol. The monoisotopic (exact) mass is 257 g/mol. The van der Waals surface area contributed by atoms with Crippen LogP contribution in [-0.2, 0) is 13.2 Å². The van der Waals surface area contributed by atoms with Crippen molar-refractivity contribution in [3.05, 3.63) is 59.2 Å². The minimum Gasteiger partial charge on any atom is -0.495 e. The highest BCUT2D eigenvalue weighted by Crippen LogP contribution is 2.25. The van der Waals surface area contributed by atoms with E-state index < -0.39 is 0 Å². The molecule has 2 rings (SSSR count). The van der Waals surface area contributed by atoms with Crippen LogP contribution in [0.4, 0.5) is 5.69 Å². The molecular formula is C16H19NO2. The summed E-state index contributed by atoms with van der Waals surface area (Å²) in [6, 6.07) is 14.0.